The highest BCUT2D eigenvalue weighted by molar-refractivity contribution is 5.79. The summed E-state index contributed by atoms with van der Waals surface area (Å²) in [7, 11) is 3.93. The van der Waals surface area contributed by atoms with Crippen molar-refractivity contribution in [3.05, 3.63) is 36.0 Å². The van der Waals surface area contributed by atoms with Crippen LogP contribution in [0.1, 0.15) is 12.5 Å². The normalized spacial score (nSPS) is 15.0. The Bertz CT molecular complexity index is 531. The quantitative estimate of drug-likeness (QED) is 0.740. The average molecular weight is 261 g/mol. The molecule has 1 unspecified atom stereocenters. The fourth-order valence-corrected chi connectivity index (χ4v) is 2.43. The van der Waals surface area contributed by atoms with Crippen molar-refractivity contribution < 1.29 is 5.11 Å². The van der Waals surface area contributed by atoms with Crippen molar-refractivity contribution in [2.75, 3.05) is 27.2 Å². The molecule has 1 atom stereocenters. The number of aromatic nitrogens is 1. The van der Waals surface area contributed by atoms with Crippen LogP contribution in [0.15, 0.2) is 30.5 Å². The Morgan fingerprint density at radius 3 is 2.84 bits per heavy atom. The largest absolute Gasteiger partial charge is 0.388 e. The van der Waals surface area contributed by atoms with Crippen LogP contribution in [0.25, 0.3) is 10.9 Å². The van der Waals surface area contributed by atoms with Gasteiger partial charge in [0, 0.05) is 31.3 Å². The van der Waals surface area contributed by atoms with Crippen LogP contribution in [0, 0.1) is 0 Å². The molecule has 0 amide bonds. The second-order valence-electron chi connectivity index (χ2n) is 5.74. The summed E-state index contributed by atoms with van der Waals surface area (Å²) in [6, 6.07) is 8.43. The molecular weight excluding hydrogens is 238 g/mol. The minimum absolute atomic E-state index is 0.580. The van der Waals surface area contributed by atoms with Crippen LogP contribution in [0.2, 0.25) is 0 Å². The van der Waals surface area contributed by atoms with E-state index in [1.165, 1.54) is 10.9 Å². The number of benzene rings is 1. The summed E-state index contributed by atoms with van der Waals surface area (Å²) in [5, 5.41) is 14.7. The third-order valence-electron chi connectivity index (χ3n) is 3.11. The van der Waals surface area contributed by atoms with Crippen LogP contribution in [0.4, 0.5) is 0 Å². The maximum absolute atomic E-state index is 10.2. The van der Waals surface area contributed by atoms with Gasteiger partial charge < -0.3 is 20.3 Å². The third-order valence-corrected chi connectivity index (χ3v) is 3.11. The topological polar surface area (TPSA) is 51.3 Å². The fourth-order valence-electron chi connectivity index (χ4n) is 2.43. The van der Waals surface area contributed by atoms with E-state index >= 15 is 0 Å². The third kappa shape index (κ3) is 4.06. The molecule has 0 aliphatic rings. The van der Waals surface area contributed by atoms with E-state index in [9.17, 15) is 5.11 Å². The van der Waals surface area contributed by atoms with Crippen LogP contribution in [0.3, 0.4) is 0 Å². The first-order chi connectivity index (χ1) is 8.96. The Hall–Kier alpha value is -1.36. The van der Waals surface area contributed by atoms with E-state index in [0.29, 0.717) is 13.1 Å². The molecule has 0 fully saturated rings. The summed E-state index contributed by atoms with van der Waals surface area (Å²) in [6.45, 7) is 3.85. The van der Waals surface area contributed by atoms with Crippen LogP contribution in [-0.4, -0.2) is 47.8 Å². The summed E-state index contributed by atoms with van der Waals surface area (Å²) in [6.07, 6.45) is 1.95. The Morgan fingerprint density at radius 2 is 2.11 bits per heavy atom. The van der Waals surface area contributed by atoms with Crippen LogP contribution in [0.5, 0.6) is 0 Å². The molecule has 4 heteroatoms. The van der Waals surface area contributed by atoms with E-state index in [4.69, 9.17) is 0 Å². The number of hydrogen-bond acceptors (Lipinski definition) is 3. The Balaban J connectivity index is 1.88. The lowest BCUT2D eigenvalue weighted by molar-refractivity contribution is 0.0336. The van der Waals surface area contributed by atoms with Gasteiger partial charge in [0.15, 0.2) is 0 Å². The zero-order valence-corrected chi connectivity index (χ0v) is 11.9. The Morgan fingerprint density at radius 1 is 1.32 bits per heavy atom. The van der Waals surface area contributed by atoms with Crippen molar-refractivity contribution >= 4 is 10.9 Å². The zero-order chi connectivity index (χ0) is 13.9. The minimum Gasteiger partial charge on any atom is -0.388 e. The number of likely N-dealkylation sites (N-methyl/N-ethyl adjacent to an activating group) is 1. The number of hydrogen-bond donors (Lipinski definition) is 3. The van der Waals surface area contributed by atoms with Gasteiger partial charge in [-0.15, -0.1) is 0 Å². The van der Waals surface area contributed by atoms with Crippen molar-refractivity contribution in [3.8, 4) is 0 Å². The summed E-state index contributed by atoms with van der Waals surface area (Å²) in [5.41, 5.74) is 1.68. The molecule has 19 heavy (non-hydrogen) atoms. The molecule has 104 valence electrons. The number of nitrogens with one attached hydrogen (secondary N) is 2. The Labute approximate surface area is 114 Å². The minimum atomic E-state index is -0.707. The molecule has 1 aromatic heterocycles. The predicted molar refractivity (Wildman–Crippen MR) is 79.2 cm³/mol. The molecule has 1 aromatic carbocycles. The SMILES string of the molecule is CN(C)CC(C)(O)CNCc1ccc2[nH]ccc2c1. The number of H-pyrrole nitrogens is 1. The molecule has 2 aromatic rings. The number of aliphatic hydroxyl groups is 1. The predicted octanol–water partition coefficient (Wildman–Crippen LogP) is 1.57. The molecule has 0 aliphatic carbocycles. The molecule has 2 rings (SSSR count). The molecule has 4 nitrogen and oxygen atoms in total. The average Bonchev–Trinajstić information content (AvgIpc) is 2.74. The second kappa shape index (κ2) is 5.74. The number of nitrogens with zero attached hydrogens (tertiary/aromatic N) is 1. The Kier molecular flexibility index (Phi) is 4.24. The summed E-state index contributed by atoms with van der Waals surface area (Å²) < 4.78 is 0. The summed E-state index contributed by atoms with van der Waals surface area (Å²) in [4.78, 5) is 5.18. The van der Waals surface area contributed by atoms with E-state index < -0.39 is 5.60 Å². The monoisotopic (exact) mass is 261 g/mol. The van der Waals surface area contributed by atoms with Gasteiger partial charge in [-0.1, -0.05) is 6.07 Å². The van der Waals surface area contributed by atoms with Gasteiger partial charge in [0.2, 0.25) is 0 Å². The van der Waals surface area contributed by atoms with Crippen LogP contribution >= 0.6 is 0 Å². The summed E-state index contributed by atoms with van der Waals surface area (Å²) in [5.74, 6) is 0. The lowest BCUT2D eigenvalue weighted by Gasteiger charge is -2.27. The highest BCUT2D eigenvalue weighted by atomic mass is 16.3. The number of fused-ring (bicyclic) bond motifs is 1. The number of rotatable bonds is 6. The van der Waals surface area contributed by atoms with Gasteiger partial charge >= 0.3 is 0 Å². The second-order valence-corrected chi connectivity index (χ2v) is 5.74. The smallest absolute Gasteiger partial charge is 0.0869 e. The highest BCUT2D eigenvalue weighted by Crippen LogP contribution is 2.14. The van der Waals surface area contributed by atoms with Crippen molar-refractivity contribution in [3.63, 3.8) is 0 Å². The van der Waals surface area contributed by atoms with E-state index in [0.717, 1.165) is 12.1 Å². The standard InChI is InChI=1S/C15H23N3O/c1-15(19,11-18(2)3)10-16-9-12-4-5-14-13(8-12)6-7-17-14/h4-8,16-17,19H,9-11H2,1-3H3. The highest BCUT2D eigenvalue weighted by Gasteiger charge is 2.20. The molecule has 0 saturated carbocycles. The maximum Gasteiger partial charge on any atom is 0.0869 e. The lowest BCUT2D eigenvalue weighted by Crippen LogP contribution is -2.45. The van der Waals surface area contributed by atoms with Crippen LogP contribution < -0.4 is 5.32 Å². The summed E-state index contributed by atoms with van der Waals surface area (Å²) >= 11 is 0. The van der Waals surface area contributed by atoms with Crippen molar-refractivity contribution in [2.24, 2.45) is 0 Å². The van der Waals surface area contributed by atoms with E-state index in [-0.39, 0.29) is 0 Å². The lowest BCUT2D eigenvalue weighted by atomic mass is 10.1. The van der Waals surface area contributed by atoms with Gasteiger partial charge in [-0.3, -0.25) is 0 Å². The first kappa shape index (κ1) is 14.1. The van der Waals surface area contributed by atoms with Gasteiger partial charge in [-0.05, 0) is 50.2 Å². The zero-order valence-electron chi connectivity index (χ0n) is 11.9. The molecular formula is C15H23N3O. The first-order valence-corrected chi connectivity index (χ1v) is 6.60. The van der Waals surface area contributed by atoms with Crippen molar-refractivity contribution in [2.45, 2.75) is 19.1 Å². The number of aromatic amines is 1. The van der Waals surface area contributed by atoms with Crippen molar-refractivity contribution in [1.82, 2.24) is 15.2 Å². The van der Waals surface area contributed by atoms with Gasteiger partial charge in [0.25, 0.3) is 0 Å². The molecule has 0 saturated heterocycles. The molecule has 1 heterocycles. The van der Waals surface area contributed by atoms with Gasteiger partial charge in [-0.2, -0.15) is 0 Å². The van der Waals surface area contributed by atoms with E-state index in [1.807, 2.05) is 32.1 Å². The van der Waals surface area contributed by atoms with Gasteiger partial charge in [0.05, 0.1) is 5.60 Å². The maximum atomic E-state index is 10.2. The van der Waals surface area contributed by atoms with E-state index in [2.05, 4.69) is 34.6 Å². The molecule has 3 N–H and O–H groups in total. The molecule has 0 radical (unpaired) electrons. The first-order valence-electron chi connectivity index (χ1n) is 6.60. The van der Waals surface area contributed by atoms with Gasteiger partial charge in [0.1, 0.15) is 0 Å². The van der Waals surface area contributed by atoms with E-state index in [1.54, 1.807) is 0 Å². The van der Waals surface area contributed by atoms with Crippen LogP contribution in [-0.2, 0) is 6.54 Å². The van der Waals surface area contributed by atoms with Gasteiger partial charge in [-0.25, -0.2) is 0 Å². The molecule has 0 spiro atoms. The molecule has 0 bridgehead atoms. The molecule has 0 aliphatic heterocycles. The van der Waals surface area contributed by atoms with Crippen molar-refractivity contribution in [1.29, 1.82) is 0 Å². The fraction of sp³-hybridized carbons (Fsp3) is 0.467.